The SMILES string of the molecule is N#CSc1ccc(N)cc1.[H-].[Na+]. The number of benzene rings is 1. The van der Waals surface area contributed by atoms with Gasteiger partial charge in [0, 0.05) is 10.6 Å². The van der Waals surface area contributed by atoms with Gasteiger partial charge in [-0.15, -0.1) is 0 Å². The Labute approximate surface area is 93.6 Å². The van der Waals surface area contributed by atoms with Gasteiger partial charge in [-0.1, -0.05) is 0 Å². The molecule has 2 N–H and O–H groups in total. The summed E-state index contributed by atoms with van der Waals surface area (Å²) in [5, 5.41) is 10.2. The summed E-state index contributed by atoms with van der Waals surface area (Å²) in [5.74, 6) is 0. The first kappa shape index (κ1) is 10.9. The van der Waals surface area contributed by atoms with Crippen LogP contribution in [0.15, 0.2) is 29.2 Å². The number of hydrogen-bond donors (Lipinski definition) is 1. The first-order valence-corrected chi connectivity index (χ1v) is 3.56. The van der Waals surface area contributed by atoms with E-state index in [9.17, 15) is 0 Å². The van der Waals surface area contributed by atoms with Crippen molar-refractivity contribution in [2.45, 2.75) is 4.90 Å². The van der Waals surface area contributed by atoms with Gasteiger partial charge in [0.25, 0.3) is 0 Å². The van der Waals surface area contributed by atoms with Crippen LogP contribution in [-0.4, -0.2) is 0 Å². The van der Waals surface area contributed by atoms with Crippen LogP contribution < -0.4 is 35.3 Å². The number of anilines is 1. The van der Waals surface area contributed by atoms with Crippen molar-refractivity contribution in [3.63, 3.8) is 0 Å². The number of nitrogen functional groups attached to an aromatic ring is 1. The summed E-state index contributed by atoms with van der Waals surface area (Å²) in [5.41, 5.74) is 6.16. The summed E-state index contributed by atoms with van der Waals surface area (Å²) in [4.78, 5) is 0.928. The predicted octanol–water partition coefficient (Wildman–Crippen LogP) is -1.04. The first-order valence-electron chi connectivity index (χ1n) is 2.74. The Morgan fingerprint density at radius 3 is 2.36 bits per heavy atom. The summed E-state index contributed by atoms with van der Waals surface area (Å²) >= 11 is 1.13. The minimum atomic E-state index is 0. The summed E-state index contributed by atoms with van der Waals surface area (Å²) in [6.45, 7) is 0. The van der Waals surface area contributed by atoms with Crippen LogP contribution in [0.5, 0.6) is 0 Å². The first-order chi connectivity index (χ1) is 4.83. The third-order valence-corrected chi connectivity index (χ3v) is 1.64. The van der Waals surface area contributed by atoms with Gasteiger partial charge in [-0.05, 0) is 36.0 Å². The Bertz CT molecular complexity index is 257. The number of thiocyanates is 1. The topological polar surface area (TPSA) is 49.8 Å². The number of thioether (sulfide) groups is 1. The largest absolute Gasteiger partial charge is 1.00 e. The fourth-order valence-electron chi connectivity index (χ4n) is 0.589. The van der Waals surface area contributed by atoms with Crippen LogP contribution in [-0.2, 0) is 0 Å². The van der Waals surface area contributed by atoms with Crippen molar-refractivity contribution in [1.29, 1.82) is 5.26 Å². The van der Waals surface area contributed by atoms with E-state index in [1.807, 2.05) is 17.5 Å². The molecule has 0 bridgehead atoms. The molecular weight excluding hydrogens is 167 g/mol. The van der Waals surface area contributed by atoms with Crippen molar-refractivity contribution in [1.82, 2.24) is 0 Å². The molecule has 0 heterocycles. The van der Waals surface area contributed by atoms with Gasteiger partial charge in [0.05, 0.1) is 0 Å². The van der Waals surface area contributed by atoms with E-state index >= 15 is 0 Å². The molecule has 4 heteroatoms. The van der Waals surface area contributed by atoms with Crippen LogP contribution in [0, 0.1) is 10.7 Å². The van der Waals surface area contributed by atoms with E-state index in [1.54, 1.807) is 12.1 Å². The second-order valence-electron chi connectivity index (χ2n) is 1.76. The van der Waals surface area contributed by atoms with Crippen molar-refractivity contribution >= 4 is 17.4 Å². The molecule has 1 aromatic rings. The number of nitrogens with zero attached hydrogens (tertiary/aromatic N) is 1. The van der Waals surface area contributed by atoms with E-state index in [0.717, 1.165) is 22.3 Å². The zero-order valence-electron chi connectivity index (χ0n) is 7.24. The fraction of sp³-hybridized carbons (Fsp3) is 0. The average Bonchev–Trinajstić information content (AvgIpc) is 1.95. The molecule has 0 unspecified atom stereocenters. The van der Waals surface area contributed by atoms with Crippen LogP contribution in [0.25, 0.3) is 0 Å². The predicted molar refractivity (Wildman–Crippen MR) is 43.4 cm³/mol. The van der Waals surface area contributed by atoms with E-state index in [0.29, 0.717) is 0 Å². The molecule has 0 atom stereocenters. The van der Waals surface area contributed by atoms with E-state index < -0.39 is 0 Å². The number of rotatable bonds is 1. The second kappa shape index (κ2) is 5.50. The normalized spacial score (nSPS) is 7.91. The quantitative estimate of drug-likeness (QED) is 0.256. The van der Waals surface area contributed by atoms with Gasteiger partial charge in [0.15, 0.2) is 0 Å². The van der Waals surface area contributed by atoms with Crippen LogP contribution in [0.3, 0.4) is 0 Å². The molecular formula is C7H7N2NaS. The van der Waals surface area contributed by atoms with Crippen LogP contribution in [0.4, 0.5) is 5.69 Å². The van der Waals surface area contributed by atoms with Gasteiger partial charge in [-0.2, -0.15) is 5.26 Å². The zero-order valence-corrected chi connectivity index (χ0v) is 9.06. The molecule has 0 saturated carbocycles. The molecule has 2 nitrogen and oxygen atoms in total. The molecule has 0 aliphatic carbocycles. The van der Waals surface area contributed by atoms with Crippen LogP contribution >= 0.6 is 11.8 Å². The Hall–Kier alpha value is -0.140. The number of hydrogen-bond acceptors (Lipinski definition) is 3. The second-order valence-corrected chi connectivity index (χ2v) is 2.62. The van der Waals surface area contributed by atoms with Crippen LogP contribution in [0.1, 0.15) is 1.43 Å². The molecule has 0 aliphatic rings. The molecule has 1 aromatic carbocycles. The van der Waals surface area contributed by atoms with Crippen molar-refractivity contribution < 1.29 is 31.0 Å². The molecule has 0 saturated heterocycles. The van der Waals surface area contributed by atoms with E-state index in [4.69, 9.17) is 11.0 Å². The minimum absolute atomic E-state index is 0. The van der Waals surface area contributed by atoms with Crippen molar-refractivity contribution in [3.05, 3.63) is 24.3 Å². The minimum Gasteiger partial charge on any atom is -1.00 e. The molecule has 0 amide bonds. The third-order valence-electron chi connectivity index (χ3n) is 1.04. The van der Waals surface area contributed by atoms with Gasteiger partial charge in [0.1, 0.15) is 5.40 Å². The van der Waals surface area contributed by atoms with Crippen molar-refractivity contribution in [3.8, 4) is 5.40 Å². The smallest absolute Gasteiger partial charge is 1.00 e. The fourth-order valence-corrected chi connectivity index (χ4v) is 0.966. The molecule has 1 rings (SSSR count). The maximum Gasteiger partial charge on any atom is 1.00 e. The Kier molecular flexibility index (Phi) is 5.43. The Morgan fingerprint density at radius 1 is 1.36 bits per heavy atom. The number of nitriles is 1. The number of nitrogens with two attached hydrogens (primary N) is 1. The van der Waals surface area contributed by atoms with Crippen molar-refractivity contribution in [2.75, 3.05) is 5.73 Å². The van der Waals surface area contributed by atoms with Gasteiger partial charge in [0.2, 0.25) is 0 Å². The van der Waals surface area contributed by atoms with E-state index in [2.05, 4.69) is 0 Å². The van der Waals surface area contributed by atoms with Gasteiger partial charge in [-0.3, -0.25) is 0 Å². The maximum atomic E-state index is 8.27. The van der Waals surface area contributed by atoms with Gasteiger partial charge in [-0.25, -0.2) is 0 Å². The molecule has 52 valence electrons. The maximum absolute atomic E-state index is 8.27. The summed E-state index contributed by atoms with van der Waals surface area (Å²) in [7, 11) is 0. The molecule has 0 fully saturated rings. The Morgan fingerprint density at radius 2 is 1.91 bits per heavy atom. The standard InChI is InChI=1S/C7H6N2S.Na.H/c8-5-10-7-3-1-6(9)2-4-7;;/h1-4H,9H2;;/q;+1;-1. The monoisotopic (exact) mass is 174 g/mol. The van der Waals surface area contributed by atoms with Crippen molar-refractivity contribution in [2.24, 2.45) is 0 Å². The summed E-state index contributed by atoms with van der Waals surface area (Å²) in [6.07, 6.45) is 0. The summed E-state index contributed by atoms with van der Waals surface area (Å²) < 4.78 is 0. The average molecular weight is 174 g/mol. The van der Waals surface area contributed by atoms with Gasteiger partial charge < -0.3 is 7.16 Å². The molecule has 0 aromatic heterocycles. The molecule has 11 heavy (non-hydrogen) atoms. The van der Waals surface area contributed by atoms with Gasteiger partial charge >= 0.3 is 29.6 Å². The zero-order chi connectivity index (χ0) is 7.40. The molecule has 0 radical (unpaired) electrons. The third kappa shape index (κ3) is 3.68. The van der Waals surface area contributed by atoms with E-state index in [1.165, 1.54) is 0 Å². The summed E-state index contributed by atoms with van der Waals surface area (Å²) in [6, 6.07) is 7.20. The van der Waals surface area contributed by atoms with Crippen LogP contribution in [0.2, 0.25) is 0 Å². The Balaban J connectivity index is 0. The molecule has 0 spiro atoms. The molecule has 0 aliphatic heterocycles. The van der Waals surface area contributed by atoms with E-state index in [-0.39, 0.29) is 31.0 Å².